The van der Waals surface area contributed by atoms with Gasteiger partial charge in [-0.25, -0.2) is 4.79 Å². The molecule has 0 bridgehead atoms. The average Bonchev–Trinajstić information content (AvgIpc) is 3.46. The molecule has 1 aliphatic rings. The molecular weight excluding hydrogens is 332 g/mol. The van der Waals surface area contributed by atoms with E-state index in [1.807, 2.05) is 13.0 Å². The van der Waals surface area contributed by atoms with Crippen LogP contribution in [-0.4, -0.2) is 23.8 Å². The Balaban J connectivity index is 1.85. The van der Waals surface area contributed by atoms with Crippen molar-refractivity contribution in [1.82, 2.24) is 0 Å². The van der Waals surface area contributed by atoms with Crippen molar-refractivity contribution in [3.05, 3.63) is 53.6 Å². The molecule has 6 heteroatoms. The Morgan fingerprint density at radius 3 is 2.58 bits per heavy atom. The minimum Gasteiger partial charge on any atom is -0.490 e. The first-order valence-electron chi connectivity index (χ1n) is 8.53. The Morgan fingerprint density at radius 1 is 1.27 bits per heavy atom. The lowest BCUT2D eigenvalue weighted by atomic mass is 10.1. The lowest BCUT2D eigenvalue weighted by Crippen LogP contribution is -2.20. The third-order valence-corrected chi connectivity index (χ3v) is 3.99. The van der Waals surface area contributed by atoms with Crippen molar-refractivity contribution in [3.63, 3.8) is 0 Å². The van der Waals surface area contributed by atoms with Crippen molar-refractivity contribution >= 4 is 11.7 Å². The van der Waals surface area contributed by atoms with E-state index in [1.54, 1.807) is 42.5 Å². The van der Waals surface area contributed by atoms with Crippen molar-refractivity contribution in [3.8, 4) is 17.6 Å². The summed E-state index contributed by atoms with van der Waals surface area (Å²) in [6.45, 7) is 2.34. The minimum atomic E-state index is -1.01. The number of ether oxygens (including phenoxy) is 2. The summed E-state index contributed by atoms with van der Waals surface area (Å²) in [5, 5.41) is 21.5. The van der Waals surface area contributed by atoms with Gasteiger partial charge < -0.3 is 19.9 Å². The van der Waals surface area contributed by atoms with Gasteiger partial charge in [0.2, 0.25) is 0 Å². The van der Waals surface area contributed by atoms with Crippen LogP contribution < -0.4 is 14.8 Å². The Hall–Kier alpha value is -3.20. The molecule has 2 N–H and O–H groups in total. The van der Waals surface area contributed by atoms with Gasteiger partial charge in [0.25, 0.3) is 0 Å². The van der Waals surface area contributed by atoms with Gasteiger partial charge in [-0.3, -0.25) is 0 Å². The molecule has 0 radical (unpaired) electrons. The van der Waals surface area contributed by atoms with Crippen molar-refractivity contribution in [1.29, 1.82) is 5.26 Å². The standard InChI is InChI=1S/C20H20N2O4/c1-2-25-18-11-14(5-10-17(18)26-16-8-9-16)19(20(23)24)22-15-6-3-13(12-21)4-7-15/h3-7,10-11,16,19,22H,2,8-9H2,1H3,(H,23,24). The lowest BCUT2D eigenvalue weighted by molar-refractivity contribution is -0.138. The highest BCUT2D eigenvalue weighted by molar-refractivity contribution is 5.79. The van der Waals surface area contributed by atoms with Crippen molar-refractivity contribution in [2.75, 3.05) is 11.9 Å². The summed E-state index contributed by atoms with van der Waals surface area (Å²) in [6, 6.07) is 12.9. The van der Waals surface area contributed by atoms with Crippen molar-refractivity contribution < 1.29 is 19.4 Å². The molecule has 2 aromatic rings. The zero-order chi connectivity index (χ0) is 18.5. The smallest absolute Gasteiger partial charge is 0.330 e. The fraction of sp³-hybridized carbons (Fsp3) is 0.300. The molecule has 0 aromatic heterocycles. The molecule has 0 saturated heterocycles. The number of rotatable bonds is 8. The number of carboxylic acid groups (broad SMARTS) is 1. The molecule has 26 heavy (non-hydrogen) atoms. The number of nitriles is 1. The molecule has 0 aliphatic heterocycles. The summed E-state index contributed by atoms with van der Waals surface area (Å²) in [7, 11) is 0. The molecule has 0 amide bonds. The summed E-state index contributed by atoms with van der Waals surface area (Å²) in [5.41, 5.74) is 1.70. The number of nitrogens with zero attached hydrogens (tertiary/aromatic N) is 1. The number of carbonyl (C=O) groups is 1. The highest BCUT2D eigenvalue weighted by Crippen LogP contribution is 2.36. The SMILES string of the molecule is CCOc1cc(C(Nc2ccc(C#N)cc2)C(=O)O)ccc1OC1CC1. The Labute approximate surface area is 152 Å². The predicted octanol–water partition coefficient (Wildman–Crippen LogP) is 3.74. The maximum absolute atomic E-state index is 11.8. The van der Waals surface area contributed by atoms with Crippen LogP contribution in [0, 0.1) is 11.3 Å². The topological polar surface area (TPSA) is 91.6 Å². The highest BCUT2D eigenvalue weighted by atomic mass is 16.5. The van der Waals surface area contributed by atoms with Gasteiger partial charge in [-0.1, -0.05) is 6.07 Å². The van der Waals surface area contributed by atoms with E-state index < -0.39 is 12.0 Å². The third kappa shape index (κ3) is 4.25. The maximum atomic E-state index is 11.8. The normalized spacial score (nSPS) is 14.2. The summed E-state index contributed by atoms with van der Waals surface area (Å²) in [6.07, 6.45) is 2.29. The quantitative estimate of drug-likeness (QED) is 0.752. The Bertz CT molecular complexity index is 823. The van der Waals surface area contributed by atoms with E-state index in [2.05, 4.69) is 5.32 Å². The number of aliphatic carboxylic acids is 1. The van der Waals surface area contributed by atoms with Crippen molar-refractivity contribution in [2.24, 2.45) is 0 Å². The minimum absolute atomic E-state index is 0.229. The fourth-order valence-electron chi connectivity index (χ4n) is 2.53. The molecule has 6 nitrogen and oxygen atoms in total. The van der Waals surface area contributed by atoms with Crippen molar-refractivity contribution in [2.45, 2.75) is 31.9 Å². The Morgan fingerprint density at radius 2 is 2.00 bits per heavy atom. The van der Waals surface area contributed by atoms with Gasteiger partial charge in [-0.15, -0.1) is 0 Å². The van der Waals surface area contributed by atoms with Crippen LogP contribution in [0.5, 0.6) is 11.5 Å². The second-order valence-corrected chi connectivity index (χ2v) is 6.06. The molecule has 1 aliphatic carbocycles. The highest BCUT2D eigenvalue weighted by Gasteiger charge is 2.26. The summed E-state index contributed by atoms with van der Waals surface area (Å²) in [4.78, 5) is 11.8. The van der Waals surface area contributed by atoms with Gasteiger partial charge >= 0.3 is 5.97 Å². The second-order valence-electron chi connectivity index (χ2n) is 6.06. The van der Waals surface area contributed by atoms with Gasteiger partial charge in [0.15, 0.2) is 17.5 Å². The number of carboxylic acids is 1. The largest absolute Gasteiger partial charge is 0.490 e. The van der Waals surface area contributed by atoms with E-state index in [9.17, 15) is 9.90 Å². The first-order valence-corrected chi connectivity index (χ1v) is 8.53. The van der Waals surface area contributed by atoms with Gasteiger partial charge in [0, 0.05) is 5.69 Å². The number of hydrogen-bond donors (Lipinski definition) is 2. The van der Waals surface area contributed by atoms with E-state index in [0.29, 0.717) is 34.9 Å². The molecule has 1 saturated carbocycles. The van der Waals surface area contributed by atoms with E-state index in [-0.39, 0.29) is 6.10 Å². The van der Waals surface area contributed by atoms with Crippen LogP contribution in [0.2, 0.25) is 0 Å². The number of hydrogen-bond acceptors (Lipinski definition) is 5. The van der Waals surface area contributed by atoms with Crippen LogP contribution in [0.1, 0.15) is 36.9 Å². The number of anilines is 1. The van der Waals surface area contributed by atoms with Crippen LogP contribution in [0.15, 0.2) is 42.5 Å². The third-order valence-electron chi connectivity index (χ3n) is 3.99. The number of nitrogens with one attached hydrogen (secondary N) is 1. The summed E-state index contributed by atoms with van der Waals surface area (Å²) < 4.78 is 11.5. The predicted molar refractivity (Wildman–Crippen MR) is 96.4 cm³/mol. The summed E-state index contributed by atoms with van der Waals surface area (Å²) in [5.74, 6) is 0.179. The van der Waals surface area contributed by atoms with Crippen LogP contribution in [0.25, 0.3) is 0 Å². The molecular formula is C20H20N2O4. The first-order chi connectivity index (χ1) is 12.6. The van der Waals surface area contributed by atoms with Crippen LogP contribution in [0.3, 0.4) is 0 Å². The molecule has 134 valence electrons. The summed E-state index contributed by atoms with van der Waals surface area (Å²) >= 11 is 0. The van der Waals surface area contributed by atoms with E-state index in [1.165, 1.54) is 0 Å². The average molecular weight is 352 g/mol. The zero-order valence-corrected chi connectivity index (χ0v) is 14.4. The molecule has 3 rings (SSSR count). The van der Waals surface area contributed by atoms with Gasteiger partial charge in [0.1, 0.15) is 0 Å². The lowest BCUT2D eigenvalue weighted by Gasteiger charge is -2.19. The molecule has 1 unspecified atom stereocenters. The molecule has 1 atom stereocenters. The van der Waals surface area contributed by atoms with Gasteiger partial charge in [-0.05, 0) is 61.7 Å². The van der Waals surface area contributed by atoms with E-state index >= 15 is 0 Å². The fourth-order valence-corrected chi connectivity index (χ4v) is 2.53. The maximum Gasteiger partial charge on any atom is 0.330 e. The number of benzene rings is 2. The monoisotopic (exact) mass is 352 g/mol. The Kier molecular flexibility index (Phi) is 5.28. The van der Waals surface area contributed by atoms with Gasteiger partial charge in [-0.2, -0.15) is 5.26 Å². The van der Waals surface area contributed by atoms with E-state index in [0.717, 1.165) is 12.8 Å². The van der Waals surface area contributed by atoms with Crippen LogP contribution >= 0.6 is 0 Å². The molecule has 0 spiro atoms. The zero-order valence-electron chi connectivity index (χ0n) is 14.4. The van der Waals surface area contributed by atoms with Crippen LogP contribution in [0.4, 0.5) is 5.69 Å². The van der Waals surface area contributed by atoms with E-state index in [4.69, 9.17) is 14.7 Å². The van der Waals surface area contributed by atoms with Gasteiger partial charge in [0.05, 0.1) is 24.3 Å². The van der Waals surface area contributed by atoms with Crippen LogP contribution in [-0.2, 0) is 4.79 Å². The molecule has 0 heterocycles. The first kappa shape index (κ1) is 17.6. The molecule has 1 fully saturated rings. The molecule has 2 aromatic carbocycles. The second kappa shape index (κ2) is 7.79.